The molecule has 0 bridgehead atoms. The van der Waals surface area contributed by atoms with Crippen LogP contribution in [0.2, 0.25) is 0 Å². The normalized spacial score (nSPS) is 26.0. The molecule has 2 saturated carbocycles. The van der Waals surface area contributed by atoms with Crippen LogP contribution in [-0.4, -0.2) is 17.8 Å². The molecule has 0 spiro atoms. The molecule has 4 heteroatoms. The maximum Gasteiger partial charge on any atom is 0.252 e. The average Bonchev–Trinajstić information content (AvgIpc) is 3.64. The molecule has 4 unspecified atom stereocenters. The molecule has 3 nitrogen and oxygen atoms in total. The molecule has 0 amide bonds. The fourth-order valence-electron chi connectivity index (χ4n) is 14.7. The first-order chi connectivity index (χ1) is 30.9. The molecule has 330 valence electrons. The molecule has 2 fully saturated rings. The van der Waals surface area contributed by atoms with E-state index in [1.165, 1.54) is 128 Å². The Labute approximate surface area is 390 Å². The van der Waals surface area contributed by atoms with Gasteiger partial charge in [-0.3, -0.25) is 0 Å². The van der Waals surface area contributed by atoms with Crippen LogP contribution < -0.4 is 31.1 Å². The first-order valence-electron chi connectivity index (χ1n) is 25.1. The highest BCUT2D eigenvalue weighted by atomic mass is 15.3. The third-order valence-corrected chi connectivity index (χ3v) is 18.3. The van der Waals surface area contributed by atoms with Gasteiger partial charge in [0.15, 0.2) is 0 Å². The van der Waals surface area contributed by atoms with Crippen LogP contribution >= 0.6 is 0 Å². The fraction of sp³-hybridized carbons (Fsp3) is 0.410. The summed E-state index contributed by atoms with van der Waals surface area (Å²) in [7, 11) is 0. The third kappa shape index (κ3) is 5.32. The minimum Gasteiger partial charge on any atom is -0.335 e. The number of rotatable bonds is 3. The van der Waals surface area contributed by atoms with Gasteiger partial charge < -0.3 is 14.7 Å². The number of anilines is 7. The molecule has 0 N–H and O–H groups in total. The molecule has 12 rings (SSSR count). The van der Waals surface area contributed by atoms with Crippen LogP contribution in [0.25, 0.3) is 0 Å². The van der Waals surface area contributed by atoms with Crippen LogP contribution in [0.5, 0.6) is 0 Å². The van der Waals surface area contributed by atoms with Crippen molar-refractivity contribution in [3.63, 3.8) is 0 Å². The average molecular weight is 854 g/mol. The second-order valence-corrected chi connectivity index (χ2v) is 24.0. The number of nitrogens with zero attached hydrogens (tertiary/aromatic N) is 3. The fourth-order valence-corrected chi connectivity index (χ4v) is 14.7. The minimum absolute atomic E-state index is 0.0146. The van der Waals surface area contributed by atoms with Crippen molar-refractivity contribution in [2.24, 2.45) is 0 Å². The zero-order chi connectivity index (χ0) is 45.2. The predicted molar refractivity (Wildman–Crippen MR) is 278 cm³/mol. The van der Waals surface area contributed by atoms with Crippen LogP contribution in [0.3, 0.4) is 0 Å². The van der Waals surface area contributed by atoms with Crippen molar-refractivity contribution in [2.45, 2.75) is 160 Å². The summed E-state index contributed by atoms with van der Waals surface area (Å²) in [5.41, 5.74) is 23.5. The maximum atomic E-state index is 2.95. The quantitative estimate of drug-likeness (QED) is 0.164. The van der Waals surface area contributed by atoms with E-state index in [4.69, 9.17) is 0 Å². The summed E-state index contributed by atoms with van der Waals surface area (Å²) in [4.78, 5) is 8.49. The first kappa shape index (κ1) is 41.2. The van der Waals surface area contributed by atoms with Crippen molar-refractivity contribution in [2.75, 3.05) is 14.7 Å². The number of hydrogen-bond donors (Lipinski definition) is 0. The van der Waals surface area contributed by atoms with Gasteiger partial charge in [-0.2, -0.15) is 0 Å². The SMILES string of the molecule is Cc1cccc(N2c3cc(C)ccc3B3c4cc(C(C)(C)C)cc5c4N(c4cc(N6c7ccc(C(C)(C)C)cc7C7(c8ccccc8)CCCCC67C)cc2c43)C2(C)CCCCC52C)c1. The van der Waals surface area contributed by atoms with Crippen LogP contribution in [0.15, 0.2) is 115 Å². The second-order valence-electron chi connectivity index (χ2n) is 24.0. The Bertz CT molecular complexity index is 2970. The van der Waals surface area contributed by atoms with Crippen LogP contribution in [0.4, 0.5) is 39.8 Å². The Balaban J connectivity index is 1.22. The van der Waals surface area contributed by atoms with E-state index in [-0.39, 0.29) is 39.5 Å². The van der Waals surface area contributed by atoms with Gasteiger partial charge in [0.2, 0.25) is 0 Å². The van der Waals surface area contributed by atoms with Crippen LogP contribution in [0.1, 0.15) is 153 Å². The van der Waals surface area contributed by atoms with Gasteiger partial charge in [0.05, 0.1) is 11.1 Å². The Hall–Kier alpha value is -5.22. The summed E-state index contributed by atoms with van der Waals surface area (Å²) >= 11 is 0. The lowest BCUT2D eigenvalue weighted by molar-refractivity contribution is 0.195. The van der Waals surface area contributed by atoms with Gasteiger partial charge in [-0.05, 0) is 156 Å². The summed E-state index contributed by atoms with van der Waals surface area (Å²) in [5.74, 6) is 0. The van der Waals surface area contributed by atoms with Crippen molar-refractivity contribution >= 4 is 62.9 Å². The Kier molecular flexibility index (Phi) is 8.53. The topological polar surface area (TPSA) is 9.72 Å². The van der Waals surface area contributed by atoms with Crippen LogP contribution in [0, 0.1) is 13.8 Å². The van der Waals surface area contributed by atoms with E-state index in [1.54, 1.807) is 5.56 Å². The molecule has 65 heavy (non-hydrogen) atoms. The molecule has 4 heterocycles. The van der Waals surface area contributed by atoms with E-state index in [9.17, 15) is 0 Å². The van der Waals surface area contributed by atoms with Gasteiger partial charge in [0, 0.05) is 50.6 Å². The molecule has 6 aromatic carbocycles. The van der Waals surface area contributed by atoms with E-state index >= 15 is 0 Å². The molecule has 0 aromatic heterocycles. The monoisotopic (exact) mass is 854 g/mol. The second kappa shape index (κ2) is 13.5. The van der Waals surface area contributed by atoms with Gasteiger partial charge >= 0.3 is 0 Å². The van der Waals surface area contributed by atoms with Gasteiger partial charge in [-0.15, -0.1) is 0 Å². The lowest BCUT2D eigenvalue weighted by atomic mass is 9.33. The Morgan fingerprint density at radius 2 is 1.17 bits per heavy atom. The smallest absolute Gasteiger partial charge is 0.252 e. The molecule has 6 aromatic rings. The van der Waals surface area contributed by atoms with Crippen molar-refractivity contribution in [1.82, 2.24) is 0 Å². The highest BCUT2D eigenvalue weighted by Gasteiger charge is 2.64. The summed E-state index contributed by atoms with van der Waals surface area (Å²) in [5, 5.41) is 0. The zero-order valence-corrected chi connectivity index (χ0v) is 41.0. The summed E-state index contributed by atoms with van der Waals surface area (Å²) in [6.45, 7) is 27.0. The van der Waals surface area contributed by atoms with E-state index in [0.29, 0.717) is 0 Å². The number of aryl methyl sites for hydroxylation is 2. The van der Waals surface area contributed by atoms with Gasteiger partial charge in [0.25, 0.3) is 6.71 Å². The number of benzene rings is 6. The number of hydrogen-bond acceptors (Lipinski definition) is 3. The molecule has 6 aliphatic rings. The highest BCUT2D eigenvalue weighted by molar-refractivity contribution is 7.00. The van der Waals surface area contributed by atoms with E-state index in [1.807, 2.05) is 0 Å². The Morgan fingerprint density at radius 1 is 0.492 bits per heavy atom. The summed E-state index contributed by atoms with van der Waals surface area (Å²) < 4.78 is 0. The van der Waals surface area contributed by atoms with E-state index in [0.717, 1.165) is 12.8 Å². The molecule has 4 aliphatic heterocycles. The standard InChI is InChI=1S/C61H68BN3/c1-39-20-19-23-44(32-39)63-51-33-40(2)24-26-48(51)62-49-36-43(57(6,7)8)35-47-55(49)65(59(10)29-16-15-28-58(47,59)9)53-38-45(37-52(63)54(53)62)64-50-27-25-42(56(3,4)5)34-46(50)61(41-21-13-12-14-22-41)31-18-17-30-60(61,64)11/h12-14,19-27,32-38H,15-18,28-31H2,1-11H3. The van der Waals surface area contributed by atoms with E-state index in [2.05, 4.69) is 206 Å². The molecule has 0 radical (unpaired) electrons. The lowest BCUT2D eigenvalue weighted by Gasteiger charge is -2.54. The molecule has 0 saturated heterocycles. The van der Waals surface area contributed by atoms with Crippen LogP contribution in [-0.2, 0) is 21.7 Å². The molecular weight excluding hydrogens is 786 g/mol. The van der Waals surface area contributed by atoms with Crippen molar-refractivity contribution in [1.29, 1.82) is 0 Å². The van der Waals surface area contributed by atoms with E-state index < -0.39 is 0 Å². The highest BCUT2D eigenvalue weighted by Crippen LogP contribution is 2.66. The van der Waals surface area contributed by atoms with Crippen molar-refractivity contribution < 1.29 is 0 Å². The maximum absolute atomic E-state index is 2.95. The largest absolute Gasteiger partial charge is 0.335 e. The predicted octanol–water partition coefficient (Wildman–Crippen LogP) is 14.0. The third-order valence-electron chi connectivity index (χ3n) is 18.3. The lowest BCUT2D eigenvalue weighted by Crippen LogP contribution is -2.64. The molecular formula is C61H68BN3. The van der Waals surface area contributed by atoms with Crippen molar-refractivity contribution in [3.8, 4) is 0 Å². The summed E-state index contributed by atoms with van der Waals surface area (Å²) in [6.07, 6.45) is 9.65. The Morgan fingerprint density at radius 3 is 1.91 bits per heavy atom. The van der Waals surface area contributed by atoms with Crippen molar-refractivity contribution in [3.05, 3.63) is 154 Å². The summed E-state index contributed by atoms with van der Waals surface area (Å²) in [6, 6.07) is 46.5. The molecule has 2 aliphatic carbocycles. The number of fused-ring (bicyclic) bond motifs is 10. The van der Waals surface area contributed by atoms with Gasteiger partial charge in [0.1, 0.15) is 0 Å². The van der Waals surface area contributed by atoms with Gasteiger partial charge in [-0.25, -0.2) is 0 Å². The van der Waals surface area contributed by atoms with Gasteiger partial charge in [-0.1, -0.05) is 153 Å². The minimum atomic E-state index is -0.198. The zero-order valence-electron chi connectivity index (χ0n) is 41.0. The molecule has 4 atom stereocenters. The first-order valence-corrected chi connectivity index (χ1v) is 25.1.